The van der Waals surface area contributed by atoms with Crippen LogP contribution in [0.4, 0.5) is 0 Å². The van der Waals surface area contributed by atoms with Crippen molar-refractivity contribution in [3.8, 4) is 0 Å². The maximum absolute atomic E-state index is 5.99. The van der Waals surface area contributed by atoms with Crippen LogP contribution in [-0.2, 0) is 6.54 Å². The summed E-state index contributed by atoms with van der Waals surface area (Å²) in [6.45, 7) is 10.4. The fourth-order valence-corrected chi connectivity index (χ4v) is 2.50. The normalized spacial score (nSPS) is 12.3. The molecule has 0 fully saturated rings. The molecule has 0 saturated carbocycles. The van der Waals surface area contributed by atoms with Crippen molar-refractivity contribution in [1.29, 1.82) is 0 Å². The Kier molecular flexibility index (Phi) is 5.65. The molecule has 0 atom stereocenters. The minimum atomic E-state index is 0.155. The minimum Gasteiger partial charge on any atom is -0.329 e. The zero-order valence-corrected chi connectivity index (χ0v) is 11.4. The predicted octanol–water partition coefficient (Wildman–Crippen LogP) is 1.72. The topological polar surface area (TPSA) is 47.1 Å². The lowest BCUT2D eigenvalue weighted by Crippen LogP contribution is -2.54. The highest BCUT2D eigenvalue weighted by Gasteiger charge is 2.30. The second kappa shape index (κ2) is 6.77. The van der Waals surface area contributed by atoms with Crippen molar-refractivity contribution >= 4 is 0 Å². The molecule has 0 bridgehead atoms. The first kappa shape index (κ1) is 14.2. The van der Waals surface area contributed by atoms with Gasteiger partial charge in [0, 0.05) is 31.0 Å². The fourth-order valence-electron chi connectivity index (χ4n) is 2.50. The van der Waals surface area contributed by atoms with Gasteiger partial charge in [0.05, 0.1) is 6.54 Å². The standard InChI is InChI=1S/C13H26N4/c1-4-13(5-2,12-14)16(6-3)10-11-17-9-7-8-15-17/h7-9H,4-6,10-12,14H2,1-3H3. The molecule has 4 nitrogen and oxygen atoms in total. The van der Waals surface area contributed by atoms with Crippen molar-refractivity contribution in [2.24, 2.45) is 5.73 Å². The molecule has 2 N–H and O–H groups in total. The maximum Gasteiger partial charge on any atom is 0.0536 e. The third kappa shape index (κ3) is 3.30. The molecule has 0 aliphatic carbocycles. The van der Waals surface area contributed by atoms with Crippen LogP contribution < -0.4 is 5.73 Å². The van der Waals surface area contributed by atoms with Crippen LogP contribution >= 0.6 is 0 Å². The highest BCUT2D eigenvalue weighted by Crippen LogP contribution is 2.22. The Labute approximate surface area is 105 Å². The summed E-state index contributed by atoms with van der Waals surface area (Å²) >= 11 is 0. The van der Waals surface area contributed by atoms with Crippen LogP contribution in [0.15, 0.2) is 18.5 Å². The van der Waals surface area contributed by atoms with Crippen LogP contribution in [0.1, 0.15) is 33.6 Å². The second-order valence-corrected chi connectivity index (χ2v) is 4.48. The highest BCUT2D eigenvalue weighted by atomic mass is 15.3. The van der Waals surface area contributed by atoms with Gasteiger partial charge in [0.15, 0.2) is 0 Å². The molecule has 4 heteroatoms. The molecule has 98 valence electrons. The van der Waals surface area contributed by atoms with Gasteiger partial charge in [-0.05, 0) is 25.5 Å². The average molecular weight is 238 g/mol. The molecule has 1 aromatic rings. The molecule has 1 heterocycles. The smallest absolute Gasteiger partial charge is 0.0536 e. The van der Waals surface area contributed by atoms with E-state index in [1.165, 1.54) is 0 Å². The lowest BCUT2D eigenvalue weighted by molar-refractivity contribution is 0.0856. The van der Waals surface area contributed by atoms with E-state index in [2.05, 4.69) is 30.8 Å². The van der Waals surface area contributed by atoms with Gasteiger partial charge >= 0.3 is 0 Å². The lowest BCUT2D eigenvalue weighted by atomic mass is 9.90. The summed E-state index contributed by atoms with van der Waals surface area (Å²) in [6, 6.07) is 1.96. The summed E-state index contributed by atoms with van der Waals surface area (Å²) < 4.78 is 1.98. The van der Waals surface area contributed by atoms with Gasteiger partial charge in [-0.2, -0.15) is 5.10 Å². The van der Waals surface area contributed by atoms with Crippen LogP contribution in [0.3, 0.4) is 0 Å². The SMILES string of the molecule is CCN(CCn1cccn1)C(CC)(CC)CN. The third-order valence-corrected chi connectivity index (χ3v) is 3.91. The third-order valence-electron chi connectivity index (χ3n) is 3.91. The molecule has 0 amide bonds. The lowest BCUT2D eigenvalue weighted by Gasteiger charge is -2.42. The van der Waals surface area contributed by atoms with E-state index in [0.29, 0.717) is 0 Å². The van der Waals surface area contributed by atoms with E-state index >= 15 is 0 Å². The molecular formula is C13H26N4. The minimum absolute atomic E-state index is 0.155. The summed E-state index contributed by atoms with van der Waals surface area (Å²) in [5.74, 6) is 0. The number of nitrogens with zero attached hydrogens (tertiary/aromatic N) is 3. The van der Waals surface area contributed by atoms with Crippen LogP contribution in [-0.4, -0.2) is 39.9 Å². The molecule has 0 aliphatic rings. The van der Waals surface area contributed by atoms with Crippen molar-refractivity contribution in [1.82, 2.24) is 14.7 Å². The Morgan fingerprint density at radius 2 is 2.00 bits per heavy atom. The molecule has 17 heavy (non-hydrogen) atoms. The largest absolute Gasteiger partial charge is 0.329 e. The fraction of sp³-hybridized carbons (Fsp3) is 0.769. The summed E-state index contributed by atoms with van der Waals surface area (Å²) in [5.41, 5.74) is 6.14. The number of hydrogen-bond donors (Lipinski definition) is 1. The first-order chi connectivity index (χ1) is 8.22. The molecule has 0 aliphatic heterocycles. The van der Waals surface area contributed by atoms with Crippen molar-refractivity contribution in [2.45, 2.75) is 45.7 Å². The number of nitrogens with two attached hydrogens (primary N) is 1. The summed E-state index contributed by atoms with van der Waals surface area (Å²) in [7, 11) is 0. The van der Waals surface area contributed by atoms with Gasteiger partial charge in [-0.3, -0.25) is 9.58 Å². The molecule has 1 rings (SSSR count). The van der Waals surface area contributed by atoms with Crippen LogP contribution in [0.25, 0.3) is 0 Å². The Bertz CT molecular complexity index is 282. The van der Waals surface area contributed by atoms with E-state index in [9.17, 15) is 0 Å². The molecule has 0 unspecified atom stereocenters. The van der Waals surface area contributed by atoms with Crippen molar-refractivity contribution < 1.29 is 0 Å². The van der Waals surface area contributed by atoms with E-state index in [4.69, 9.17) is 5.73 Å². The van der Waals surface area contributed by atoms with E-state index in [1.54, 1.807) is 0 Å². The molecule has 0 aromatic carbocycles. The summed E-state index contributed by atoms with van der Waals surface area (Å²) in [6.07, 6.45) is 6.04. The first-order valence-corrected chi connectivity index (χ1v) is 6.65. The first-order valence-electron chi connectivity index (χ1n) is 6.65. The van der Waals surface area contributed by atoms with Crippen LogP contribution in [0.5, 0.6) is 0 Å². The predicted molar refractivity (Wildman–Crippen MR) is 71.8 cm³/mol. The highest BCUT2D eigenvalue weighted by molar-refractivity contribution is 4.89. The van der Waals surface area contributed by atoms with Gasteiger partial charge in [-0.15, -0.1) is 0 Å². The van der Waals surface area contributed by atoms with Crippen LogP contribution in [0, 0.1) is 0 Å². The summed E-state index contributed by atoms with van der Waals surface area (Å²) in [4.78, 5) is 2.49. The van der Waals surface area contributed by atoms with Gasteiger partial charge < -0.3 is 5.73 Å². The van der Waals surface area contributed by atoms with Crippen molar-refractivity contribution in [2.75, 3.05) is 19.6 Å². The Morgan fingerprint density at radius 3 is 2.41 bits per heavy atom. The number of likely N-dealkylation sites (N-methyl/N-ethyl adjacent to an activating group) is 1. The van der Waals surface area contributed by atoms with Gasteiger partial charge in [0.25, 0.3) is 0 Å². The van der Waals surface area contributed by atoms with Gasteiger partial charge in [-0.1, -0.05) is 20.8 Å². The second-order valence-electron chi connectivity index (χ2n) is 4.48. The monoisotopic (exact) mass is 238 g/mol. The average Bonchev–Trinajstić information content (AvgIpc) is 2.88. The van der Waals surface area contributed by atoms with Gasteiger partial charge in [-0.25, -0.2) is 0 Å². The quantitative estimate of drug-likeness (QED) is 0.750. The van der Waals surface area contributed by atoms with Gasteiger partial charge in [0.2, 0.25) is 0 Å². The van der Waals surface area contributed by atoms with Crippen molar-refractivity contribution in [3.63, 3.8) is 0 Å². The Morgan fingerprint density at radius 1 is 1.29 bits per heavy atom. The zero-order valence-electron chi connectivity index (χ0n) is 11.4. The molecule has 0 saturated heterocycles. The van der Waals surface area contributed by atoms with E-state index < -0.39 is 0 Å². The molecule has 0 spiro atoms. The molecule has 0 radical (unpaired) electrons. The Hall–Kier alpha value is -0.870. The van der Waals surface area contributed by atoms with E-state index in [1.807, 2.05) is 23.1 Å². The maximum atomic E-state index is 5.99. The van der Waals surface area contributed by atoms with E-state index in [0.717, 1.165) is 39.0 Å². The Balaban J connectivity index is 2.63. The zero-order chi connectivity index (χ0) is 12.7. The van der Waals surface area contributed by atoms with Gasteiger partial charge in [0.1, 0.15) is 0 Å². The van der Waals surface area contributed by atoms with Crippen LogP contribution in [0.2, 0.25) is 0 Å². The number of hydrogen-bond acceptors (Lipinski definition) is 3. The number of aromatic nitrogens is 2. The number of rotatable bonds is 8. The van der Waals surface area contributed by atoms with Crippen molar-refractivity contribution in [3.05, 3.63) is 18.5 Å². The molecule has 1 aromatic heterocycles. The van der Waals surface area contributed by atoms with E-state index in [-0.39, 0.29) is 5.54 Å². The summed E-state index contributed by atoms with van der Waals surface area (Å²) in [5, 5.41) is 4.24. The molecular weight excluding hydrogens is 212 g/mol.